The predicted molar refractivity (Wildman–Crippen MR) is 133 cm³/mol. The maximum absolute atomic E-state index is 13.4. The van der Waals surface area contributed by atoms with E-state index in [2.05, 4.69) is 26.8 Å². The van der Waals surface area contributed by atoms with E-state index in [1.165, 1.54) is 0 Å². The SMILES string of the molecule is C#CCOc1c(Br)cc(C2C3=C(CCCC3=O)N(CCCOC)C3=C2C(=O)CCC3)cc1OC. The number of methoxy groups -OCH3 is 2. The van der Waals surface area contributed by atoms with Crippen LogP contribution in [0.15, 0.2) is 39.1 Å². The molecule has 0 atom stereocenters. The molecule has 34 heavy (non-hydrogen) atoms. The molecule has 0 radical (unpaired) electrons. The van der Waals surface area contributed by atoms with E-state index < -0.39 is 5.92 Å². The van der Waals surface area contributed by atoms with Crippen LogP contribution in [-0.2, 0) is 14.3 Å². The largest absolute Gasteiger partial charge is 0.493 e. The van der Waals surface area contributed by atoms with Gasteiger partial charge >= 0.3 is 0 Å². The fourth-order valence-corrected chi connectivity index (χ4v) is 5.92. The number of ether oxygens (including phenoxy) is 3. The van der Waals surface area contributed by atoms with Crippen LogP contribution in [0.3, 0.4) is 0 Å². The van der Waals surface area contributed by atoms with Crippen molar-refractivity contribution in [3.63, 3.8) is 0 Å². The first-order valence-corrected chi connectivity index (χ1v) is 12.5. The van der Waals surface area contributed by atoms with Gasteiger partial charge in [0.25, 0.3) is 0 Å². The number of allylic oxidation sites excluding steroid dienone is 4. The lowest BCUT2D eigenvalue weighted by atomic mass is 9.71. The van der Waals surface area contributed by atoms with Gasteiger partial charge in [-0.2, -0.15) is 0 Å². The van der Waals surface area contributed by atoms with Gasteiger partial charge in [0.15, 0.2) is 23.1 Å². The summed E-state index contributed by atoms with van der Waals surface area (Å²) in [5.41, 5.74) is 4.48. The van der Waals surface area contributed by atoms with E-state index in [4.69, 9.17) is 20.6 Å². The molecule has 0 bridgehead atoms. The summed E-state index contributed by atoms with van der Waals surface area (Å²) >= 11 is 3.60. The summed E-state index contributed by atoms with van der Waals surface area (Å²) in [6, 6.07) is 3.81. The number of hydrogen-bond acceptors (Lipinski definition) is 6. The lowest BCUT2D eigenvalue weighted by Gasteiger charge is -2.44. The Morgan fingerprint density at radius 1 is 1.06 bits per heavy atom. The van der Waals surface area contributed by atoms with Crippen LogP contribution in [0.1, 0.15) is 56.4 Å². The van der Waals surface area contributed by atoms with Crippen molar-refractivity contribution in [2.45, 2.75) is 50.9 Å². The zero-order valence-electron chi connectivity index (χ0n) is 19.7. The monoisotopic (exact) mass is 527 g/mol. The molecule has 0 saturated heterocycles. The van der Waals surface area contributed by atoms with Gasteiger partial charge in [-0.1, -0.05) is 5.92 Å². The minimum atomic E-state index is -0.406. The number of rotatable bonds is 8. The fraction of sp³-hybridized carbons (Fsp3) is 0.481. The molecule has 0 N–H and O–H groups in total. The van der Waals surface area contributed by atoms with E-state index in [0.29, 0.717) is 35.4 Å². The standard InChI is InChI=1S/C27H30BrNO5/c1-4-13-34-27-18(28)15-17(16-23(27)33-3)24-25-19(8-5-10-21(25)30)29(12-7-14-32-2)20-9-6-11-22(31)26(20)24/h1,15-16,24H,5-14H2,2-3H3. The number of ketones is 2. The number of carbonyl (C=O) groups excluding carboxylic acids is 2. The number of terminal acetylenes is 1. The van der Waals surface area contributed by atoms with E-state index in [1.807, 2.05) is 12.1 Å². The van der Waals surface area contributed by atoms with Gasteiger partial charge in [0.2, 0.25) is 0 Å². The van der Waals surface area contributed by atoms with Crippen LogP contribution in [0.5, 0.6) is 11.5 Å². The van der Waals surface area contributed by atoms with E-state index in [1.54, 1.807) is 14.2 Å². The number of halogens is 1. The van der Waals surface area contributed by atoms with Crippen molar-refractivity contribution in [1.82, 2.24) is 4.90 Å². The summed E-state index contributed by atoms with van der Waals surface area (Å²) in [4.78, 5) is 29.0. The van der Waals surface area contributed by atoms with Crippen LogP contribution in [0.25, 0.3) is 0 Å². The van der Waals surface area contributed by atoms with Gasteiger partial charge in [0.05, 0.1) is 11.6 Å². The average Bonchev–Trinajstić information content (AvgIpc) is 2.83. The Morgan fingerprint density at radius 3 is 2.26 bits per heavy atom. The Hall–Kier alpha value is -2.56. The van der Waals surface area contributed by atoms with E-state index in [-0.39, 0.29) is 18.2 Å². The quantitative estimate of drug-likeness (QED) is 0.353. The number of carbonyl (C=O) groups is 2. The molecular formula is C27H30BrNO5. The zero-order valence-corrected chi connectivity index (χ0v) is 21.3. The summed E-state index contributed by atoms with van der Waals surface area (Å²) in [6.07, 6.45) is 10.5. The molecule has 1 aromatic rings. The van der Waals surface area contributed by atoms with E-state index >= 15 is 0 Å². The molecule has 1 heterocycles. The summed E-state index contributed by atoms with van der Waals surface area (Å²) in [7, 11) is 3.26. The first-order chi connectivity index (χ1) is 16.5. The van der Waals surface area contributed by atoms with Crippen molar-refractivity contribution in [3.8, 4) is 23.8 Å². The van der Waals surface area contributed by atoms with Crippen molar-refractivity contribution in [3.05, 3.63) is 44.7 Å². The lowest BCUT2D eigenvalue weighted by Crippen LogP contribution is -2.39. The molecule has 7 heteroatoms. The Bertz CT molecular complexity index is 1050. The second kappa shape index (κ2) is 10.8. The number of hydrogen-bond donors (Lipinski definition) is 0. The maximum atomic E-state index is 13.4. The molecule has 0 amide bonds. The first-order valence-electron chi connectivity index (χ1n) is 11.7. The molecule has 0 aromatic heterocycles. The minimum Gasteiger partial charge on any atom is -0.493 e. The Morgan fingerprint density at radius 2 is 1.71 bits per heavy atom. The third-order valence-electron chi connectivity index (χ3n) is 6.70. The van der Waals surface area contributed by atoms with Crippen LogP contribution in [0, 0.1) is 12.3 Å². The fourth-order valence-electron chi connectivity index (χ4n) is 5.35. The Balaban J connectivity index is 1.88. The van der Waals surface area contributed by atoms with Crippen LogP contribution in [-0.4, -0.2) is 50.4 Å². The van der Waals surface area contributed by atoms with Gasteiger partial charge in [-0.05, 0) is 65.7 Å². The van der Waals surface area contributed by atoms with Gasteiger partial charge in [-0.25, -0.2) is 0 Å². The minimum absolute atomic E-state index is 0.107. The zero-order chi connectivity index (χ0) is 24.2. The first kappa shape index (κ1) is 24.6. The van der Waals surface area contributed by atoms with Crippen LogP contribution < -0.4 is 9.47 Å². The average molecular weight is 528 g/mol. The number of Topliss-reactive ketones (excluding diaryl/α,β-unsaturated/α-hetero) is 2. The molecule has 4 rings (SSSR count). The third kappa shape index (κ3) is 4.54. The van der Waals surface area contributed by atoms with Crippen LogP contribution >= 0.6 is 15.9 Å². The lowest BCUT2D eigenvalue weighted by molar-refractivity contribution is -0.117. The van der Waals surface area contributed by atoms with Crippen molar-refractivity contribution in [1.29, 1.82) is 0 Å². The second-order valence-electron chi connectivity index (χ2n) is 8.73. The second-order valence-corrected chi connectivity index (χ2v) is 9.59. The Kier molecular flexibility index (Phi) is 7.80. The molecule has 1 aromatic carbocycles. The van der Waals surface area contributed by atoms with E-state index in [9.17, 15) is 9.59 Å². The molecule has 2 aliphatic carbocycles. The Labute approximate surface area is 209 Å². The molecular weight excluding hydrogens is 498 g/mol. The molecule has 180 valence electrons. The summed E-state index contributed by atoms with van der Waals surface area (Å²) in [6.45, 7) is 1.48. The number of benzene rings is 1. The van der Waals surface area contributed by atoms with Gasteiger partial charge < -0.3 is 19.1 Å². The summed E-state index contributed by atoms with van der Waals surface area (Å²) in [5, 5.41) is 0. The van der Waals surface area contributed by atoms with Crippen molar-refractivity contribution >= 4 is 27.5 Å². The highest BCUT2D eigenvalue weighted by Gasteiger charge is 2.43. The molecule has 0 saturated carbocycles. The topological polar surface area (TPSA) is 65.1 Å². The molecule has 6 nitrogen and oxygen atoms in total. The van der Waals surface area contributed by atoms with Gasteiger partial charge in [0, 0.05) is 61.6 Å². The van der Waals surface area contributed by atoms with Gasteiger partial charge in [-0.15, -0.1) is 6.42 Å². The maximum Gasteiger partial charge on any atom is 0.176 e. The van der Waals surface area contributed by atoms with Crippen molar-refractivity contribution < 1.29 is 23.8 Å². The molecule has 0 unspecified atom stereocenters. The van der Waals surface area contributed by atoms with Gasteiger partial charge in [-0.3, -0.25) is 9.59 Å². The molecule has 3 aliphatic rings. The highest BCUT2D eigenvalue weighted by molar-refractivity contribution is 9.10. The normalized spacial score (nSPS) is 18.6. The predicted octanol–water partition coefficient (Wildman–Crippen LogP) is 4.92. The molecule has 0 spiro atoms. The molecule has 0 fully saturated rings. The number of nitrogens with zero attached hydrogens (tertiary/aromatic N) is 1. The summed E-state index contributed by atoms with van der Waals surface area (Å²) < 4.78 is 17.3. The highest BCUT2D eigenvalue weighted by Crippen LogP contribution is 2.51. The summed E-state index contributed by atoms with van der Waals surface area (Å²) in [5.74, 6) is 3.32. The smallest absolute Gasteiger partial charge is 0.176 e. The highest BCUT2D eigenvalue weighted by atomic mass is 79.9. The van der Waals surface area contributed by atoms with E-state index in [0.717, 1.165) is 66.8 Å². The van der Waals surface area contributed by atoms with Crippen molar-refractivity contribution in [2.75, 3.05) is 34.0 Å². The van der Waals surface area contributed by atoms with Crippen LogP contribution in [0.2, 0.25) is 0 Å². The van der Waals surface area contributed by atoms with Gasteiger partial charge in [0.1, 0.15) is 6.61 Å². The van der Waals surface area contributed by atoms with Crippen LogP contribution in [0.4, 0.5) is 0 Å². The molecule has 1 aliphatic heterocycles. The van der Waals surface area contributed by atoms with Crippen molar-refractivity contribution in [2.24, 2.45) is 0 Å². The third-order valence-corrected chi connectivity index (χ3v) is 7.29.